The van der Waals surface area contributed by atoms with Crippen molar-refractivity contribution in [1.29, 1.82) is 0 Å². The lowest BCUT2D eigenvalue weighted by atomic mass is 10.0. The smallest absolute Gasteiger partial charge is 0.238 e. The number of rotatable bonds is 3. The van der Waals surface area contributed by atoms with E-state index in [2.05, 4.69) is 16.0 Å². The van der Waals surface area contributed by atoms with Crippen molar-refractivity contribution in [3.63, 3.8) is 0 Å². The maximum absolute atomic E-state index is 11.6. The summed E-state index contributed by atoms with van der Waals surface area (Å²) in [7, 11) is -3.68. The van der Waals surface area contributed by atoms with Crippen molar-refractivity contribution in [3.05, 3.63) is 53.3 Å². The highest BCUT2D eigenvalue weighted by Crippen LogP contribution is 2.30. The predicted octanol–water partition coefficient (Wildman–Crippen LogP) is 1.99. The summed E-state index contributed by atoms with van der Waals surface area (Å²) in [4.78, 5) is 6.59. The van der Waals surface area contributed by atoms with E-state index in [1.807, 2.05) is 25.4 Å². The van der Waals surface area contributed by atoms with Gasteiger partial charge in [0, 0.05) is 31.2 Å². The SMILES string of the molecule is Cc1cncc(CN2CCCc3ccc(S(N)(=O)=O)cc32)c1. The number of fused-ring (bicyclic) bond motifs is 1. The molecule has 0 bridgehead atoms. The Morgan fingerprint density at radius 2 is 2.09 bits per heavy atom. The van der Waals surface area contributed by atoms with Crippen LogP contribution in [0, 0.1) is 6.92 Å². The second-order valence-electron chi connectivity index (χ2n) is 5.73. The van der Waals surface area contributed by atoms with E-state index in [0.717, 1.165) is 42.7 Å². The molecule has 0 amide bonds. The topological polar surface area (TPSA) is 76.3 Å². The van der Waals surface area contributed by atoms with Crippen LogP contribution >= 0.6 is 0 Å². The summed E-state index contributed by atoms with van der Waals surface area (Å²) in [6.45, 7) is 3.63. The molecule has 0 aliphatic carbocycles. The number of aromatic nitrogens is 1. The van der Waals surface area contributed by atoms with Gasteiger partial charge >= 0.3 is 0 Å². The van der Waals surface area contributed by atoms with Gasteiger partial charge < -0.3 is 4.90 Å². The standard InChI is InChI=1S/C16H19N3O2S/c1-12-7-13(10-18-9-12)11-19-6-2-3-14-4-5-15(8-16(14)19)22(17,20)21/h4-5,7-10H,2-3,6,11H2,1H3,(H2,17,20,21). The molecule has 1 aliphatic heterocycles. The minimum Gasteiger partial charge on any atom is -0.367 e. The molecule has 1 aromatic carbocycles. The first kappa shape index (κ1) is 15.0. The van der Waals surface area contributed by atoms with Crippen LogP contribution in [0.2, 0.25) is 0 Å². The zero-order valence-electron chi connectivity index (χ0n) is 12.5. The lowest BCUT2D eigenvalue weighted by molar-refractivity contribution is 0.597. The van der Waals surface area contributed by atoms with Gasteiger partial charge in [-0.25, -0.2) is 13.6 Å². The summed E-state index contributed by atoms with van der Waals surface area (Å²) >= 11 is 0. The van der Waals surface area contributed by atoms with E-state index in [1.165, 1.54) is 5.56 Å². The van der Waals surface area contributed by atoms with Gasteiger partial charge in [0.25, 0.3) is 0 Å². The Balaban J connectivity index is 1.96. The van der Waals surface area contributed by atoms with Crippen LogP contribution in [0.25, 0.3) is 0 Å². The summed E-state index contributed by atoms with van der Waals surface area (Å²) in [6.07, 6.45) is 5.70. The number of benzene rings is 1. The molecule has 0 unspecified atom stereocenters. The van der Waals surface area contributed by atoms with Gasteiger partial charge in [0.1, 0.15) is 0 Å². The number of primary sulfonamides is 1. The molecule has 22 heavy (non-hydrogen) atoms. The van der Waals surface area contributed by atoms with Crippen LogP contribution in [0.4, 0.5) is 5.69 Å². The van der Waals surface area contributed by atoms with Crippen LogP contribution in [-0.2, 0) is 23.0 Å². The van der Waals surface area contributed by atoms with Crippen LogP contribution in [0.3, 0.4) is 0 Å². The Labute approximate surface area is 130 Å². The van der Waals surface area contributed by atoms with Crippen LogP contribution in [-0.4, -0.2) is 19.9 Å². The first-order valence-electron chi connectivity index (χ1n) is 7.25. The van der Waals surface area contributed by atoms with Crippen molar-refractivity contribution in [3.8, 4) is 0 Å². The molecular formula is C16H19N3O2S. The Bertz CT molecular complexity index is 803. The quantitative estimate of drug-likeness (QED) is 0.939. The first-order valence-corrected chi connectivity index (χ1v) is 8.79. The van der Waals surface area contributed by atoms with Crippen molar-refractivity contribution >= 4 is 15.7 Å². The number of anilines is 1. The number of aryl methyl sites for hydroxylation is 2. The van der Waals surface area contributed by atoms with Gasteiger partial charge in [-0.15, -0.1) is 0 Å². The third kappa shape index (κ3) is 3.13. The Morgan fingerprint density at radius 3 is 2.82 bits per heavy atom. The molecule has 0 atom stereocenters. The molecule has 0 saturated carbocycles. The number of nitrogens with two attached hydrogens (primary N) is 1. The molecule has 6 heteroatoms. The molecule has 3 rings (SSSR count). The zero-order chi connectivity index (χ0) is 15.7. The van der Waals surface area contributed by atoms with E-state index >= 15 is 0 Å². The third-order valence-corrected chi connectivity index (χ3v) is 4.82. The number of nitrogens with zero attached hydrogens (tertiary/aromatic N) is 2. The molecule has 1 aromatic heterocycles. The number of sulfonamides is 1. The molecule has 2 aromatic rings. The van der Waals surface area contributed by atoms with E-state index in [4.69, 9.17) is 5.14 Å². The fraction of sp³-hybridized carbons (Fsp3) is 0.312. The number of hydrogen-bond acceptors (Lipinski definition) is 4. The van der Waals surface area contributed by atoms with Gasteiger partial charge in [-0.1, -0.05) is 12.1 Å². The average molecular weight is 317 g/mol. The maximum atomic E-state index is 11.6. The minimum atomic E-state index is -3.68. The van der Waals surface area contributed by atoms with Gasteiger partial charge in [-0.05, 0) is 48.6 Å². The summed E-state index contributed by atoms with van der Waals surface area (Å²) < 4.78 is 23.2. The highest BCUT2D eigenvalue weighted by atomic mass is 32.2. The van der Waals surface area contributed by atoms with Crippen LogP contribution in [0.1, 0.15) is 23.1 Å². The van der Waals surface area contributed by atoms with Crippen molar-refractivity contribution in [2.75, 3.05) is 11.4 Å². The molecule has 2 heterocycles. The van der Waals surface area contributed by atoms with Gasteiger partial charge in [0.2, 0.25) is 10.0 Å². The van der Waals surface area contributed by atoms with E-state index in [1.54, 1.807) is 12.1 Å². The molecule has 116 valence electrons. The molecule has 2 N–H and O–H groups in total. The molecular weight excluding hydrogens is 298 g/mol. The van der Waals surface area contributed by atoms with Crippen LogP contribution in [0.15, 0.2) is 41.6 Å². The number of hydrogen-bond donors (Lipinski definition) is 1. The molecule has 0 saturated heterocycles. The molecule has 0 fully saturated rings. The van der Waals surface area contributed by atoms with E-state index in [0.29, 0.717) is 0 Å². The van der Waals surface area contributed by atoms with Gasteiger partial charge in [-0.2, -0.15) is 0 Å². The Kier molecular flexibility index (Phi) is 3.88. The third-order valence-electron chi connectivity index (χ3n) is 3.91. The van der Waals surface area contributed by atoms with Crippen molar-refractivity contribution in [2.24, 2.45) is 5.14 Å². The fourth-order valence-electron chi connectivity index (χ4n) is 2.90. The second kappa shape index (κ2) is 5.70. The Morgan fingerprint density at radius 1 is 1.27 bits per heavy atom. The van der Waals surface area contributed by atoms with Gasteiger partial charge in [0.05, 0.1) is 4.90 Å². The Hall–Kier alpha value is -1.92. The number of pyridine rings is 1. The van der Waals surface area contributed by atoms with Crippen molar-refractivity contribution in [2.45, 2.75) is 31.2 Å². The minimum absolute atomic E-state index is 0.167. The van der Waals surface area contributed by atoms with E-state index < -0.39 is 10.0 Å². The predicted molar refractivity (Wildman–Crippen MR) is 86.2 cm³/mol. The summed E-state index contributed by atoms with van der Waals surface area (Å²) in [6, 6.07) is 7.25. The van der Waals surface area contributed by atoms with Gasteiger partial charge in [0.15, 0.2) is 0 Å². The van der Waals surface area contributed by atoms with Crippen LogP contribution in [0.5, 0.6) is 0 Å². The van der Waals surface area contributed by atoms with E-state index in [9.17, 15) is 8.42 Å². The summed E-state index contributed by atoms with van der Waals surface area (Å²) in [5, 5.41) is 5.25. The van der Waals surface area contributed by atoms with Crippen LogP contribution < -0.4 is 10.0 Å². The molecule has 5 nitrogen and oxygen atoms in total. The van der Waals surface area contributed by atoms with E-state index in [-0.39, 0.29) is 4.90 Å². The normalized spacial score (nSPS) is 14.7. The van der Waals surface area contributed by atoms with Crippen molar-refractivity contribution < 1.29 is 8.42 Å². The second-order valence-corrected chi connectivity index (χ2v) is 7.29. The largest absolute Gasteiger partial charge is 0.367 e. The summed E-state index contributed by atoms with van der Waals surface area (Å²) in [5.41, 5.74) is 4.36. The average Bonchev–Trinajstić information content (AvgIpc) is 2.46. The van der Waals surface area contributed by atoms with Gasteiger partial charge in [-0.3, -0.25) is 4.98 Å². The highest BCUT2D eigenvalue weighted by Gasteiger charge is 2.20. The fourth-order valence-corrected chi connectivity index (χ4v) is 3.43. The molecule has 0 radical (unpaired) electrons. The maximum Gasteiger partial charge on any atom is 0.238 e. The highest BCUT2D eigenvalue weighted by molar-refractivity contribution is 7.89. The zero-order valence-corrected chi connectivity index (χ0v) is 13.3. The summed E-state index contributed by atoms with van der Waals surface area (Å²) in [5.74, 6) is 0. The molecule has 1 aliphatic rings. The monoisotopic (exact) mass is 317 g/mol. The van der Waals surface area contributed by atoms with Crippen molar-refractivity contribution in [1.82, 2.24) is 4.98 Å². The lowest BCUT2D eigenvalue weighted by Crippen LogP contribution is -2.29. The first-order chi connectivity index (χ1) is 10.4. The molecule has 0 spiro atoms. The lowest BCUT2D eigenvalue weighted by Gasteiger charge is -2.31.